The standard InChI is InChI=1S/C18H11Cl2NO5S/c19-10-3-9(4-11(20)6-10)8-1-2-12-13(5-8)27-18(26)15(16(12)24)17(25)21-7-14(22)23/h1-6,15H,7H2,(H,21,25)(H,22,23). The Labute approximate surface area is 167 Å². The zero-order chi connectivity index (χ0) is 19.7. The maximum Gasteiger partial charge on any atom is 0.322 e. The van der Waals surface area contributed by atoms with Gasteiger partial charge in [0.2, 0.25) is 11.0 Å². The summed E-state index contributed by atoms with van der Waals surface area (Å²) in [5, 5.41) is 10.9. The second-order valence-corrected chi connectivity index (χ2v) is 7.62. The quantitative estimate of drug-likeness (QED) is 0.731. The van der Waals surface area contributed by atoms with Crippen LogP contribution in [0.1, 0.15) is 10.4 Å². The molecule has 0 spiro atoms. The van der Waals surface area contributed by atoms with E-state index in [0.29, 0.717) is 20.5 Å². The third-order valence-corrected chi connectivity index (χ3v) is 5.26. The number of carbonyl (C=O) groups is 4. The molecule has 1 unspecified atom stereocenters. The Morgan fingerprint density at radius 1 is 1.04 bits per heavy atom. The van der Waals surface area contributed by atoms with Crippen molar-refractivity contribution < 1.29 is 24.3 Å². The minimum Gasteiger partial charge on any atom is -0.480 e. The number of rotatable bonds is 4. The fraction of sp³-hybridized carbons (Fsp3) is 0.111. The molecule has 2 N–H and O–H groups in total. The Hall–Kier alpha value is -2.35. The van der Waals surface area contributed by atoms with E-state index in [-0.39, 0.29) is 5.56 Å². The van der Waals surface area contributed by atoms with Crippen molar-refractivity contribution in [2.45, 2.75) is 4.90 Å². The van der Waals surface area contributed by atoms with E-state index < -0.39 is 35.2 Å². The minimum absolute atomic E-state index is 0.229. The van der Waals surface area contributed by atoms with E-state index in [1.165, 1.54) is 6.07 Å². The number of nitrogens with one attached hydrogen (secondary N) is 1. The summed E-state index contributed by atoms with van der Waals surface area (Å²) in [6, 6.07) is 9.85. The molecule has 0 fully saturated rings. The molecular weight excluding hydrogens is 413 g/mol. The number of carboxylic acid groups (broad SMARTS) is 1. The SMILES string of the molecule is O=C(O)CNC(=O)C1C(=O)Sc2cc(-c3cc(Cl)cc(Cl)c3)ccc2C1=O. The maximum atomic E-state index is 12.6. The molecule has 3 rings (SSSR count). The number of thioether (sulfide) groups is 1. The third-order valence-electron chi connectivity index (χ3n) is 3.83. The van der Waals surface area contributed by atoms with Gasteiger partial charge in [0, 0.05) is 20.5 Å². The molecule has 2 aromatic rings. The highest BCUT2D eigenvalue weighted by atomic mass is 35.5. The van der Waals surface area contributed by atoms with Crippen LogP contribution in [0.25, 0.3) is 11.1 Å². The van der Waals surface area contributed by atoms with Crippen molar-refractivity contribution in [1.29, 1.82) is 0 Å². The highest BCUT2D eigenvalue weighted by molar-refractivity contribution is 8.14. The Morgan fingerprint density at radius 2 is 1.70 bits per heavy atom. The van der Waals surface area contributed by atoms with Crippen LogP contribution < -0.4 is 5.32 Å². The van der Waals surface area contributed by atoms with Gasteiger partial charge in [-0.1, -0.05) is 29.3 Å². The average Bonchev–Trinajstić information content (AvgIpc) is 2.58. The first-order valence-corrected chi connectivity index (χ1v) is 9.19. The molecule has 6 nitrogen and oxygen atoms in total. The molecule has 1 heterocycles. The zero-order valence-corrected chi connectivity index (χ0v) is 15.8. The number of amides is 1. The molecule has 1 amide bonds. The third kappa shape index (κ3) is 4.16. The number of hydrogen-bond donors (Lipinski definition) is 2. The lowest BCUT2D eigenvalue weighted by molar-refractivity contribution is -0.139. The molecule has 27 heavy (non-hydrogen) atoms. The molecule has 9 heteroatoms. The number of aliphatic carboxylic acids is 1. The van der Waals surface area contributed by atoms with Gasteiger partial charge in [-0.2, -0.15) is 0 Å². The van der Waals surface area contributed by atoms with Crippen molar-refractivity contribution in [3.8, 4) is 11.1 Å². The van der Waals surface area contributed by atoms with Gasteiger partial charge in [-0.25, -0.2) is 0 Å². The van der Waals surface area contributed by atoms with Gasteiger partial charge in [0.15, 0.2) is 11.7 Å². The summed E-state index contributed by atoms with van der Waals surface area (Å²) in [5.41, 5.74) is 1.66. The first kappa shape index (κ1) is 19.4. The number of hydrogen-bond acceptors (Lipinski definition) is 5. The second kappa shape index (κ2) is 7.72. The number of Topliss-reactive ketones (excluding diaryl/α,β-unsaturated/α-hetero) is 1. The molecule has 1 aliphatic rings. The predicted octanol–water partition coefficient (Wildman–Crippen LogP) is 3.29. The topological polar surface area (TPSA) is 101 Å². The summed E-state index contributed by atoms with van der Waals surface area (Å²) in [6.07, 6.45) is 0. The van der Waals surface area contributed by atoms with E-state index in [1.807, 2.05) is 0 Å². The van der Waals surface area contributed by atoms with Gasteiger partial charge in [0.25, 0.3) is 0 Å². The highest BCUT2D eigenvalue weighted by Gasteiger charge is 2.40. The molecule has 0 saturated heterocycles. The normalized spacial score (nSPS) is 16.0. The molecule has 0 aliphatic carbocycles. The zero-order valence-electron chi connectivity index (χ0n) is 13.5. The molecular formula is C18H11Cl2NO5S. The highest BCUT2D eigenvalue weighted by Crippen LogP contribution is 2.38. The summed E-state index contributed by atoms with van der Waals surface area (Å²) in [6.45, 7) is -0.665. The van der Waals surface area contributed by atoms with Crippen LogP contribution >= 0.6 is 35.0 Å². The minimum atomic E-state index is -1.56. The van der Waals surface area contributed by atoms with E-state index in [4.69, 9.17) is 28.3 Å². The van der Waals surface area contributed by atoms with Crippen molar-refractivity contribution in [2.75, 3.05) is 6.54 Å². The molecule has 0 radical (unpaired) electrons. The number of carbonyl (C=O) groups excluding carboxylic acids is 3. The Kier molecular flexibility index (Phi) is 5.55. The second-order valence-electron chi connectivity index (χ2n) is 5.70. The van der Waals surface area contributed by atoms with E-state index >= 15 is 0 Å². The van der Waals surface area contributed by atoms with Gasteiger partial charge >= 0.3 is 5.97 Å². The van der Waals surface area contributed by atoms with Gasteiger partial charge in [0.1, 0.15) is 6.54 Å². The Bertz CT molecular complexity index is 971. The Balaban J connectivity index is 1.92. The van der Waals surface area contributed by atoms with Crippen LogP contribution in [0, 0.1) is 5.92 Å². The van der Waals surface area contributed by atoms with Gasteiger partial charge in [-0.05, 0) is 53.2 Å². The largest absolute Gasteiger partial charge is 0.480 e. The fourth-order valence-corrected chi connectivity index (χ4v) is 4.17. The first-order chi connectivity index (χ1) is 12.8. The van der Waals surface area contributed by atoms with E-state index in [0.717, 1.165) is 17.3 Å². The summed E-state index contributed by atoms with van der Waals surface area (Å²) in [4.78, 5) is 47.9. The van der Waals surface area contributed by atoms with Crippen LogP contribution in [0.5, 0.6) is 0 Å². The number of benzene rings is 2. The first-order valence-electron chi connectivity index (χ1n) is 7.62. The maximum absolute atomic E-state index is 12.6. The van der Waals surface area contributed by atoms with Crippen LogP contribution in [0.4, 0.5) is 0 Å². The molecule has 0 aromatic heterocycles. The summed E-state index contributed by atoms with van der Waals surface area (Å²) >= 11 is 12.8. The van der Waals surface area contributed by atoms with Crippen LogP contribution in [-0.4, -0.2) is 34.4 Å². The number of fused-ring (bicyclic) bond motifs is 1. The van der Waals surface area contributed by atoms with Gasteiger partial charge < -0.3 is 10.4 Å². The molecule has 1 aliphatic heterocycles. The van der Waals surface area contributed by atoms with Crippen LogP contribution in [-0.2, 0) is 14.4 Å². The summed E-state index contributed by atoms with van der Waals surface area (Å²) < 4.78 is 0. The Morgan fingerprint density at radius 3 is 2.33 bits per heavy atom. The van der Waals surface area contributed by atoms with E-state index in [9.17, 15) is 19.2 Å². The van der Waals surface area contributed by atoms with Gasteiger partial charge in [-0.15, -0.1) is 0 Å². The lowest BCUT2D eigenvalue weighted by Gasteiger charge is -2.21. The van der Waals surface area contributed by atoms with Crippen molar-refractivity contribution in [1.82, 2.24) is 5.32 Å². The van der Waals surface area contributed by atoms with Gasteiger partial charge in [0.05, 0.1) is 0 Å². The molecule has 138 valence electrons. The lowest BCUT2D eigenvalue weighted by atomic mass is 9.95. The molecule has 0 saturated carbocycles. The summed E-state index contributed by atoms with van der Waals surface area (Å²) in [7, 11) is 0. The van der Waals surface area contributed by atoms with Gasteiger partial charge in [-0.3, -0.25) is 19.2 Å². The summed E-state index contributed by atoms with van der Waals surface area (Å²) in [5.74, 6) is -4.41. The monoisotopic (exact) mass is 423 g/mol. The number of halogens is 2. The lowest BCUT2D eigenvalue weighted by Crippen LogP contribution is -2.42. The number of ketones is 1. The average molecular weight is 424 g/mol. The molecule has 1 atom stereocenters. The predicted molar refractivity (Wildman–Crippen MR) is 101 cm³/mol. The van der Waals surface area contributed by atoms with Crippen molar-refractivity contribution >= 4 is 57.7 Å². The smallest absolute Gasteiger partial charge is 0.322 e. The molecule has 0 bridgehead atoms. The van der Waals surface area contributed by atoms with Crippen molar-refractivity contribution in [2.24, 2.45) is 5.92 Å². The van der Waals surface area contributed by atoms with Crippen molar-refractivity contribution in [3.63, 3.8) is 0 Å². The van der Waals surface area contributed by atoms with Crippen LogP contribution in [0.15, 0.2) is 41.3 Å². The molecule has 2 aromatic carbocycles. The van der Waals surface area contributed by atoms with Crippen molar-refractivity contribution in [3.05, 3.63) is 52.0 Å². The number of carboxylic acids is 1. The van der Waals surface area contributed by atoms with E-state index in [1.54, 1.807) is 30.3 Å². The fourth-order valence-electron chi connectivity index (χ4n) is 2.63. The van der Waals surface area contributed by atoms with Crippen LogP contribution in [0.3, 0.4) is 0 Å². The van der Waals surface area contributed by atoms with Crippen LogP contribution in [0.2, 0.25) is 10.0 Å². The van der Waals surface area contributed by atoms with E-state index in [2.05, 4.69) is 5.32 Å².